The van der Waals surface area contributed by atoms with Gasteiger partial charge in [0, 0.05) is 32.2 Å². The van der Waals surface area contributed by atoms with E-state index in [-0.39, 0.29) is 11.9 Å². The van der Waals surface area contributed by atoms with Crippen molar-refractivity contribution in [1.82, 2.24) is 9.88 Å². The number of hydrogen-bond donors (Lipinski definition) is 2. The molecule has 1 aromatic heterocycles. The molecule has 1 aliphatic rings. The highest BCUT2D eigenvalue weighted by Crippen LogP contribution is 2.30. The maximum atomic E-state index is 12.5. The fraction of sp³-hybridized carbons (Fsp3) is 0.714. The van der Waals surface area contributed by atoms with Crippen LogP contribution in [0.25, 0.3) is 0 Å². The van der Waals surface area contributed by atoms with Gasteiger partial charge in [0.15, 0.2) is 5.13 Å². The first-order chi connectivity index (χ1) is 10.1. The van der Waals surface area contributed by atoms with Gasteiger partial charge in [-0.15, -0.1) is 0 Å². The number of nitrogens with two attached hydrogens (primary N) is 2. The van der Waals surface area contributed by atoms with Crippen molar-refractivity contribution >= 4 is 28.2 Å². The molecule has 2 rings (SSSR count). The number of rotatable bonds is 5. The van der Waals surface area contributed by atoms with Gasteiger partial charge in [-0.05, 0) is 26.2 Å². The Hall–Kier alpha value is -1.34. The van der Waals surface area contributed by atoms with Crippen molar-refractivity contribution in [3.05, 3.63) is 4.88 Å². The van der Waals surface area contributed by atoms with E-state index in [1.165, 1.54) is 11.3 Å². The average Bonchev–Trinajstić information content (AvgIpc) is 2.86. The third kappa shape index (κ3) is 3.65. The van der Waals surface area contributed by atoms with Gasteiger partial charge in [-0.1, -0.05) is 18.3 Å². The van der Waals surface area contributed by atoms with Crippen molar-refractivity contribution in [2.24, 2.45) is 5.73 Å². The Morgan fingerprint density at radius 2 is 2.29 bits per heavy atom. The fourth-order valence-corrected chi connectivity index (χ4v) is 3.60. The molecule has 6 nitrogen and oxygen atoms in total. The van der Waals surface area contributed by atoms with E-state index < -0.39 is 0 Å². The largest absolute Gasteiger partial charge is 0.382 e. The molecule has 0 bridgehead atoms. The minimum absolute atomic E-state index is 0.0121. The first-order valence-electron chi connectivity index (χ1n) is 7.62. The van der Waals surface area contributed by atoms with Gasteiger partial charge >= 0.3 is 0 Å². The van der Waals surface area contributed by atoms with E-state index in [0.29, 0.717) is 17.2 Å². The van der Waals surface area contributed by atoms with Crippen molar-refractivity contribution in [3.63, 3.8) is 0 Å². The molecular formula is C14H25N5OS. The molecule has 4 N–H and O–H groups in total. The van der Waals surface area contributed by atoms with E-state index in [1.54, 1.807) is 0 Å². The Labute approximate surface area is 130 Å². The summed E-state index contributed by atoms with van der Waals surface area (Å²) in [5.74, 6) is 0.329. The molecule has 0 aliphatic carbocycles. The zero-order valence-corrected chi connectivity index (χ0v) is 13.7. The minimum atomic E-state index is -0.0121. The molecule has 0 aromatic carbocycles. The lowest BCUT2D eigenvalue weighted by Crippen LogP contribution is -2.42. The molecule has 0 spiro atoms. The van der Waals surface area contributed by atoms with Crippen LogP contribution in [0.15, 0.2) is 0 Å². The topological polar surface area (TPSA) is 88.5 Å². The Kier molecular flexibility index (Phi) is 5.41. The van der Waals surface area contributed by atoms with Crippen molar-refractivity contribution < 1.29 is 4.79 Å². The highest BCUT2D eigenvalue weighted by Gasteiger charge is 2.25. The van der Waals surface area contributed by atoms with Crippen LogP contribution in [-0.4, -0.2) is 48.0 Å². The van der Waals surface area contributed by atoms with Crippen molar-refractivity contribution in [1.29, 1.82) is 0 Å². The Balaban J connectivity index is 2.16. The number of hydrogen-bond acceptors (Lipinski definition) is 6. The predicted octanol–water partition coefficient (Wildman–Crippen LogP) is 1.52. The highest BCUT2D eigenvalue weighted by atomic mass is 32.1. The first-order valence-corrected chi connectivity index (χ1v) is 8.44. The number of piperidine rings is 1. The van der Waals surface area contributed by atoms with Crippen LogP contribution in [0.3, 0.4) is 0 Å². The van der Waals surface area contributed by atoms with Crippen LogP contribution in [0.5, 0.6) is 0 Å². The summed E-state index contributed by atoms with van der Waals surface area (Å²) >= 11 is 1.39. The number of thiazole rings is 1. The molecule has 1 fully saturated rings. The summed E-state index contributed by atoms with van der Waals surface area (Å²) < 4.78 is 0. The second-order valence-corrected chi connectivity index (χ2v) is 6.42. The van der Waals surface area contributed by atoms with E-state index in [0.717, 1.165) is 44.0 Å². The normalized spacial score (nSPS) is 18.8. The summed E-state index contributed by atoms with van der Waals surface area (Å²) in [5.41, 5.74) is 12.0. The number of carbonyl (C=O) groups excluding carboxylic acids is 1. The summed E-state index contributed by atoms with van der Waals surface area (Å²) in [7, 11) is 0. The van der Waals surface area contributed by atoms with Gasteiger partial charge in [-0.2, -0.15) is 0 Å². The summed E-state index contributed by atoms with van der Waals surface area (Å²) in [6.45, 7) is 7.19. The van der Waals surface area contributed by atoms with E-state index in [4.69, 9.17) is 11.5 Å². The number of nitrogen functional groups attached to an aromatic ring is 1. The SMILES string of the molecule is CCCN(CC)C(=O)c1sc(N2CCCC(N)C2)nc1N. The monoisotopic (exact) mass is 311 g/mol. The second-order valence-electron chi connectivity index (χ2n) is 5.44. The Morgan fingerprint density at radius 3 is 2.90 bits per heavy atom. The van der Waals surface area contributed by atoms with Gasteiger partial charge in [-0.25, -0.2) is 4.98 Å². The Morgan fingerprint density at radius 1 is 1.52 bits per heavy atom. The van der Waals surface area contributed by atoms with Crippen molar-refractivity contribution in [2.45, 2.75) is 39.2 Å². The standard InChI is InChI=1S/C14H25N5OS/c1-3-7-18(4-2)13(20)11-12(16)17-14(21-11)19-8-5-6-10(15)9-19/h10H,3-9,15-16H2,1-2H3. The molecule has 21 heavy (non-hydrogen) atoms. The predicted molar refractivity (Wildman–Crippen MR) is 87.8 cm³/mol. The minimum Gasteiger partial charge on any atom is -0.382 e. The summed E-state index contributed by atoms with van der Waals surface area (Å²) in [5, 5.41) is 0.818. The van der Waals surface area contributed by atoms with E-state index in [2.05, 4.69) is 16.8 Å². The van der Waals surface area contributed by atoms with Crippen LogP contribution < -0.4 is 16.4 Å². The number of anilines is 2. The third-order valence-corrected chi connectivity index (χ3v) is 4.85. The van der Waals surface area contributed by atoms with Gasteiger partial charge in [0.2, 0.25) is 0 Å². The van der Waals surface area contributed by atoms with Crippen LogP contribution >= 0.6 is 11.3 Å². The maximum absolute atomic E-state index is 12.5. The number of aromatic nitrogens is 1. The zero-order chi connectivity index (χ0) is 15.4. The summed E-state index contributed by atoms with van der Waals surface area (Å²) in [4.78, 5) is 21.4. The van der Waals surface area contributed by atoms with Gasteiger partial charge < -0.3 is 21.3 Å². The Bertz CT molecular complexity index is 490. The van der Waals surface area contributed by atoms with Crippen LogP contribution in [0, 0.1) is 0 Å². The fourth-order valence-electron chi connectivity index (χ4n) is 2.61. The molecule has 2 heterocycles. The molecule has 1 atom stereocenters. The quantitative estimate of drug-likeness (QED) is 0.861. The molecule has 1 aromatic rings. The summed E-state index contributed by atoms with van der Waals surface area (Å²) in [6, 6.07) is 0.176. The number of amides is 1. The summed E-state index contributed by atoms with van der Waals surface area (Å²) in [6.07, 6.45) is 3.04. The van der Waals surface area contributed by atoms with Gasteiger partial charge in [0.25, 0.3) is 5.91 Å². The smallest absolute Gasteiger partial charge is 0.267 e. The van der Waals surface area contributed by atoms with E-state index >= 15 is 0 Å². The van der Waals surface area contributed by atoms with Crippen LogP contribution in [0.4, 0.5) is 10.9 Å². The third-order valence-electron chi connectivity index (χ3n) is 3.73. The zero-order valence-electron chi connectivity index (χ0n) is 12.8. The lowest BCUT2D eigenvalue weighted by atomic mass is 10.1. The lowest BCUT2D eigenvalue weighted by molar-refractivity contribution is 0.0770. The van der Waals surface area contributed by atoms with E-state index in [9.17, 15) is 4.79 Å². The average molecular weight is 311 g/mol. The van der Waals surface area contributed by atoms with Gasteiger partial charge in [0.1, 0.15) is 10.7 Å². The van der Waals surface area contributed by atoms with Gasteiger partial charge in [0.05, 0.1) is 0 Å². The lowest BCUT2D eigenvalue weighted by Gasteiger charge is -2.30. The van der Waals surface area contributed by atoms with Crippen molar-refractivity contribution in [2.75, 3.05) is 36.8 Å². The number of nitrogens with zero attached hydrogens (tertiary/aromatic N) is 3. The molecule has 1 unspecified atom stereocenters. The van der Waals surface area contributed by atoms with Crippen LogP contribution in [0.2, 0.25) is 0 Å². The first kappa shape index (κ1) is 16.0. The molecule has 1 saturated heterocycles. The molecule has 1 amide bonds. The highest BCUT2D eigenvalue weighted by molar-refractivity contribution is 7.18. The molecule has 7 heteroatoms. The van der Waals surface area contributed by atoms with Crippen molar-refractivity contribution in [3.8, 4) is 0 Å². The number of carbonyl (C=O) groups is 1. The second kappa shape index (κ2) is 7.09. The van der Waals surface area contributed by atoms with E-state index in [1.807, 2.05) is 11.8 Å². The van der Waals surface area contributed by atoms with Crippen LogP contribution in [0.1, 0.15) is 42.8 Å². The molecule has 118 valence electrons. The molecule has 0 radical (unpaired) electrons. The molecular weight excluding hydrogens is 286 g/mol. The maximum Gasteiger partial charge on any atom is 0.267 e. The molecule has 1 aliphatic heterocycles. The molecule has 0 saturated carbocycles. The van der Waals surface area contributed by atoms with Crippen LogP contribution in [-0.2, 0) is 0 Å². The van der Waals surface area contributed by atoms with Gasteiger partial charge in [-0.3, -0.25) is 4.79 Å².